The maximum atomic E-state index is 11.9. The fourth-order valence-corrected chi connectivity index (χ4v) is 2.40. The molecule has 1 N–H and O–H groups in total. The molecule has 1 saturated carbocycles. The summed E-state index contributed by atoms with van der Waals surface area (Å²) in [5, 5.41) is 3.12. The summed E-state index contributed by atoms with van der Waals surface area (Å²) in [4.78, 5) is 11.9. The number of hydrogen-bond acceptors (Lipinski definition) is 3. The number of nitrogens with one attached hydrogen (secondary N) is 1. The summed E-state index contributed by atoms with van der Waals surface area (Å²) in [6.45, 7) is 7.21. The van der Waals surface area contributed by atoms with E-state index in [1.54, 1.807) is 0 Å². The van der Waals surface area contributed by atoms with Crippen LogP contribution in [0.4, 0.5) is 0 Å². The van der Waals surface area contributed by atoms with Crippen LogP contribution in [-0.2, 0) is 14.3 Å². The Morgan fingerprint density at radius 3 is 2.41 bits per heavy atom. The zero-order valence-corrected chi connectivity index (χ0v) is 11.0. The van der Waals surface area contributed by atoms with E-state index in [4.69, 9.17) is 9.47 Å². The SMILES string of the molecule is CC(C)(C)C(=O)N[C@@H]1CC[C@H]2OCCO[C@H]2C1. The summed E-state index contributed by atoms with van der Waals surface area (Å²) in [5.41, 5.74) is -0.319. The predicted molar refractivity (Wildman–Crippen MR) is 64.7 cm³/mol. The smallest absolute Gasteiger partial charge is 0.225 e. The molecule has 2 aliphatic rings. The fourth-order valence-electron chi connectivity index (χ4n) is 2.40. The third-order valence-electron chi connectivity index (χ3n) is 3.49. The second-order valence-electron chi connectivity index (χ2n) is 6.05. The minimum Gasteiger partial charge on any atom is -0.373 e. The summed E-state index contributed by atoms with van der Waals surface area (Å²) in [6.07, 6.45) is 3.27. The van der Waals surface area contributed by atoms with Crippen LogP contribution >= 0.6 is 0 Å². The Kier molecular flexibility index (Phi) is 3.73. The van der Waals surface area contributed by atoms with Crippen molar-refractivity contribution in [1.29, 1.82) is 0 Å². The molecule has 17 heavy (non-hydrogen) atoms. The van der Waals surface area contributed by atoms with E-state index >= 15 is 0 Å². The number of carbonyl (C=O) groups is 1. The number of fused-ring (bicyclic) bond motifs is 1. The monoisotopic (exact) mass is 241 g/mol. The Hall–Kier alpha value is -0.610. The van der Waals surface area contributed by atoms with Gasteiger partial charge in [-0.05, 0) is 19.3 Å². The Morgan fingerprint density at radius 2 is 1.76 bits per heavy atom. The molecule has 0 aromatic carbocycles. The molecule has 1 amide bonds. The lowest BCUT2D eigenvalue weighted by Gasteiger charge is -2.39. The first kappa shape index (κ1) is 12.8. The van der Waals surface area contributed by atoms with E-state index in [1.165, 1.54) is 0 Å². The number of amides is 1. The highest BCUT2D eigenvalue weighted by molar-refractivity contribution is 5.81. The van der Waals surface area contributed by atoms with E-state index in [-0.39, 0.29) is 29.6 Å². The quantitative estimate of drug-likeness (QED) is 0.756. The van der Waals surface area contributed by atoms with Crippen LogP contribution in [0.5, 0.6) is 0 Å². The van der Waals surface area contributed by atoms with Crippen molar-refractivity contribution in [3.05, 3.63) is 0 Å². The molecule has 1 saturated heterocycles. The molecule has 98 valence electrons. The highest BCUT2D eigenvalue weighted by atomic mass is 16.6. The number of rotatable bonds is 1. The maximum Gasteiger partial charge on any atom is 0.225 e. The number of hydrogen-bond donors (Lipinski definition) is 1. The zero-order chi connectivity index (χ0) is 12.5. The zero-order valence-electron chi connectivity index (χ0n) is 11.0. The second-order valence-corrected chi connectivity index (χ2v) is 6.05. The molecular weight excluding hydrogens is 218 g/mol. The molecule has 0 aromatic heterocycles. The first-order valence-corrected chi connectivity index (χ1v) is 6.51. The van der Waals surface area contributed by atoms with Crippen molar-refractivity contribution in [1.82, 2.24) is 5.32 Å². The van der Waals surface area contributed by atoms with Crippen molar-refractivity contribution >= 4 is 5.91 Å². The minimum absolute atomic E-state index is 0.123. The van der Waals surface area contributed by atoms with Gasteiger partial charge in [-0.25, -0.2) is 0 Å². The average molecular weight is 241 g/mol. The summed E-state index contributed by atoms with van der Waals surface area (Å²) in [6, 6.07) is 0.240. The molecule has 0 aromatic rings. The molecule has 0 unspecified atom stereocenters. The lowest BCUT2D eigenvalue weighted by atomic mass is 9.88. The van der Waals surface area contributed by atoms with Gasteiger partial charge in [0.05, 0.1) is 25.4 Å². The number of ether oxygens (including phenoxy) is 2. The van der Waals surface area contributed by atoms with E-state index in [2.05, 4.69) is 5.32 Å². The van der Waals surface area contributed by atoms with Crippen molar-refractivity contribution in [2.45, 2.75) is 58.3 Å². The van der Waals surface area contributed by atoms with E-state index < -0.39 is 0 Å². The summed E-state index contributed by atoms with van der Waals surface area (Å²) in [7, 11) is 0. The van der Waals surface area contributed by atoms with Crippen LogP contribution in [0.15, 0.2) is 0 Å². The summed E-state index contributed by atoms with van der Waals surface area (Å²) in [5.74, 6) is 0.123. The Balaban J connectivity index is 1.86. The molecular formula is C13H23NO3. The van der Waals surface area contributed by atoms with Crippen LogP contribution in [0.2, 0.25) is 0 Å². The van der Waals surface area contributed by atoms with Crippen LogP contribution in [0, 0.1) is 5.41 Å². The van der Waals surface area contributed by atoms with Crippen molar-refractivity contribution in [3.8, 4) is 0 Å². The second kappa shape index (κ2) is 4.94. The fraction of sp³-hybridized carbons (Fsp3) is 0.923. The van der Waals surface area contributed by atoms with Gasteiger partial charge in [-0.15, -0.1) is 0 Å². The van der Waals surface area contributed by atoms with Gasteiger partial charge < -0.3 is 14.8 Å². The largest absolute Gasteiger partial charge is 0.373 e. The van der Waals surface area contributed by atoms with Crippen molar-refractivity contribution in [3.63, 3.8) is 0 Å². The van der Waals surface area contributed by atoms with E-state index in [1.807, 2.05) is 20.8 Å². The van der Waals surface area contributed by atoms with Gasteiger partial charge >= 0.3 is 0 Å². The third kappa shape index (κ3) is 3.19. The van der Waals surface area contributed by atoms with Crippen molar-refractivity contribution < 1.29 is 14.3 Å². The van der Waals surface area contributed by atoms with Crippen LogP contribution in [0.25, 0.3) is 0 Å². The molecule has 4 heteroatoms. The lowest BCUT2D eigenvalue weighted by molar-refractivity contribution is -0.159. The van der Waals surface area contributed by atoms with Gasteiger partial charge in [0.2, 0.25) is 5.91 Å². The Labute approximate surface area is 103 Å². The molecule has 2 fully saturated rings. The van der Waals surface area contributed by atoms with E-state index in [0.29, 0.717) is 13.2 Å². The number of carbonyl (C=O) groups excluding carboxylic acids is 1. The summed E-state index contributed by atoms with van der Waals surface area (Å²) >= 11 is 0. The molecule has 4 nitrogen and oxygen atoms in total. The van der Waals surface area contributed by atoms with Gasteiger partial charge in [0.15, 0.2) is 0 Å². The van der Waals surface area contributed by atoms with Gasteiger partial charge in [-0.2, -0.15) is 0 Å². The first-order chi connectivity index (χ1) is 7.97. The minimum atomic E-state index is -0.319. The summed E-state index contributed by atoms with van der Waals surface area (Å²) < 4.78 is 11.4. The standard InChI is InChI=1S/C13H23NO3/c1-13(2,3)12(15)14-9-4-5-10-11(8-9)17-7-6-16-10/h9-11H,4-8H2,1-3H3,(H,14,15)/t9-,10-,11+/m1/s1. The highest BCUT2D eigenvalue weighted by Crippen LogP contribution is 2.27. The average Bonchev–Trinajstić information content (AvgIpc) is 2.27. The van der Waals surface area contributed by atoms with Gasteiger partial charge in [0.25, 0.3) is 0 Å². The Bertz CT molecular complexity index is 285. The van der Waals surface area contributed by atoms with Gasteiger partial charge in [0.1, 0.15) is 0 Å². The molecule has 0 radical (unpaired) electrons. The van der Waals surface area contributed by atoms with Crippen LogP contribution in [-0.4, -0.2) is 37.4 Å². The topological polar surface area (TPSA) is 47.6 Å². The molecule has 3 atom stereocenters. The van der Waals surface area contributed by atoms with Gasteiger partial charge in [-0.3, -0.25) is 4.79 Å². The molecule has 0 bridgehead atoms. The molecule has 1 aliphatic heterocycles. The van der Waals surface area contributed by atoms with Crippen LogP contribution < -0.4 is 5.32 Å². The van der Waals surface area contributed by atoms with Crippen molar-refractivity contribution in [2.24, 2.45) is 5.41 Å². The van der Waals surface area contributed by atoms with E-state index in [9.17, 15) is 4.79 Å². The third-order valence-corrected chi connectivity index (χ3v) is 3.49. The highest BCUT2D eigenvalue weighted by Gasteiger charge is 2.35. The van der Waals surface area contributed by atoms with E-state index in [0.717, 1.165) is 19.3 Å². The Morgan fingerprint density at radius 1 is 1.12 bits per heavy atom. The first-order valence-electron chi connectivity index (χ1n) is 6.51. The van der Waals surface area contributed by atoms with Crippen molar-refractivity contribution in [2.75, 3.05) is 13.2 Å². The normalized spacial score (nSPS) is 33.9. The lowest BCUT2D eigenvalue weighted by Crippen LogP contribution is -2.51. The van der Waals surface area contributed by atoms with Crippen LogP contribution in [0.1, 0.15) is 40.0 Å². The van der Waals surface area contributed by atoms with Gasteiger partial charge in [0, 0.05) is 11.5 Å². The molecule has 1 heterocycles. The van der Waals surface area contributed by atoms with Gasteiger partial charge in [-0.1, -0.05) is 20.8 Å². The molecule has 0 spiro atoms. The maximum absolute atomic E-state index is 11.9. The molecule has 1 aliphatic carbocycles. The molecule has 2 rings (SSSR count). The van der Waals surface area contributed by atoms with Crippen LogP contribution in [0.3, 0.4) is 0 Å². The predicted octanol–water partition coefficient (Wildman–Crippen LogP) is 1.49.